The molecule has 0 aliphatic carbocycles. The third-order valence-electron chi connectivity index (χ3n) is 2.38. The molecule has 72 valence electrons. The van der Waals surface area contributed by atoms with E-state index in [0.29, 0.717) is 5.88 Å². The number of hydrogen-bond acceptors (Lipinski definition) is 4. The SMILES string of the molecule is Nc1cnc(CN2CCCCC2)o1. The highest BCUT2D eigenvalue weighted by atomic mass is 16.4. The summed E-state index contributed by atoms with van der Waals surface area (Å²) in [6.45, 7) is 3.11. The number of rotatable bonds is 2. The summed E-state index contributed by atoms with van der Waals surface area (Å²) < 4.78 is 5.21. The molecule has 0 atom stereocenters. The van der Waals surface area contributed by atoms with Gasteiger partial charge in [-0.2, -0.15) is 0 Å². The van der Waals surface area contributed by atoms with Crippen molar-refractivity contribution in [3.8, 4) is 0 Å². The molecule has 13 heavy (non-hydrogen) atoms. The van der Waals surface area contributed by atoms with Crippen LogP contribution in [0.25, 0.3) is 0 Å². The molecule has 1 aliphatic heterocycles. The summed E-state index contributed by atoms with van der Waals surface area (Å²) in [4.78, 5) is 6.43. The van der Waals surface area contributed by atoms with Crippen molar-refractivity contribution in [2.45, 2.75) is 25.8 Å². The van der Waals surface area contributed by atoms with E-state index in [0.717, 1.165) is 25.5 Å². The lowest BCUT2D eigenvalue weighted by Gasteiger charge is -2.24. The summed E-state index contributed by atoms with van der Waals surface area (Å²) in [5.74, 6) is 1.14. The predicted octanol–water partition coefficient (Wildman–Crippen LogP) is 1.24. The second kappa shape index (κ2) is 3.79. The van der Waals surface area contributed by atoms with Gasteiger partial charge < -0.3 is 10.2 Å². The van der Waals surface area contributed by atoms with Crippen LogP contribution < -0.4 is 5.73 Å². The monoisotopic (exact) mass is 181 g/mol. The number of hydrogen-bond donors (Lipinski definition) is 1. The number of aromatic nitrogens is 1. The zero-order valence-electron chi connectivity index (χ0n) is 7.70. The van der Waals surface area contributed by atoms with Crippen LogP contribution in [0.3, 0.4) is 0 Å². The maximum Gasteiger partial charge on any atom is 0.211 e. The van der Waals surface area contributed by atoms with E-state index >= 15 is 0 Å². The minimum Gasteiger partial charge on any atom is -0.424 e. The smallest absolute Gasteiger partial charge is 0.211 e. The maximum absolute atomic E-state index is 5.44. The van der Waals surface area contributed by atoms with Crippen molar-refractivity contribution >= 4 is 5.88 Å². The molecule has 4 nitrogen and oxygen atoms in total. The lowest BCUT2D eigenvalue weighted by molar-refractivity contribution is 0.202. The molecule has 4 heteroatoms. The van der Waals surface area contributed by atoms with Crippen LogP contribution in [0, 0.1) is 0 Å². The van der Waals surface area contributed by atoms with Gasteiger partial charge in [-0.05, 0) is 25.9 Å². The molecule has 1 fully saturated rings. The second-order valence-corrected chi connectivity index (χ2v) is 3.49. The van der Waals surface area contributed by atoms with Crippen LogP contribution in [0.15, 0.2) is 10.6 Å². The van der Waals surface area contributed by atoms with Crippen LogP contribution in [-0.4, -0.2) is 23.0 Å². The third-order valence-corrected chi connectivity index (χ3v) is 2.38. The lowest BCUT2D eigenvalue weighted by atomic mass is 10.1. The van der Waals surface area contributed by atoms with E-state index in [-0.39, 0.29) is 0 Å². The third kappa shape index (κ3) is 2.21. The number of piperidine rings is 1. The minimum absolute atomic E-state index is 0.409. The molecule has 2 N–H and O–H groups in total. The predicted molar refractivity (Wildman–Crippen MR) is 50.0 cm³/mol. The van der Waals surface area contributed by atoms with Gasteiger partial charge in [-0.15, -0.1) is 0 Å². The topological polar surface area (TPSA) is 55.3 Å². The normalized spacial score (nSPS) is 19.1. The van der Waals surface area contributed by atoms with Crippen molar-refractivity contribution in [2.24, 2.45) is 0 Å². The Morgan fingerprint density at radius 1 is 1.38 bits per heavy atom. The van der Waals surface area contributed by atoms with Crippen LogP contribution in [0.2, 0.25) is 0 Å². The quantitative estimate of drug-likeness (QED) is 0.745. The Kier molecular flexibility index (Phi) is 2.49. The van der Waals surface area contributed by atoms with Crippen LogP contribution in [-0.2, 0) is 6.54 Å². The largest absolute Gasteiger partial charge is 0.424 e. The summed E-state index contributed by atoms with van der Waals surface area (Å²) in [6, 6.07) is 0. The van der Waals surface area contributed by atoms with Gasteiger partial charge in [0.05, 0.1) is 12.7 Å². The molecule has 0 bridgehead atoms. The molecule has 0 aromatic carbocycles. The molecule has 1 saturated heterocycles. The summed E-state index contributed by atoms with van der Waals surface area (Å²) in [5, 5.41) is 0. The Morgan fingerprint density at radius 2 is 2.15 bits per heavy atom. The van der Waals surface area contributed by atoms with Crippen LogP contribution in [0.5, 0.6) is 0 Å². The Hall–Kier alpha value is -1.03. The van der Waals surface area contributed by atoms with Crippen LogP contribution in [0.1, 0.15) is 25.2 Å². The van der Waals surface area contributed by atoms with Crippen molar-refractivity contribution in [3.05, 3.63) is 12.1 Å². The van der Waals surface area contributed by atoms with Gasteiger partial charge in [0.1, 0.15) is 0 Å². The fraction of sp³-hybridized carbons (Fsp3) is 0.667. The van der Waals surface area contributed by atoms with E-state index in [4.69, 9.17) is 10.2 Å². The van der Waals surface area contributed by atoms with Crippen LogP contribution >= 0.6 is 0 Å². The number of nitrogens with two attached hydrogens (primary N) is 1. The van der Waals surface area contributed by atoms with E-state index in [1.807, 2.05) is 0 Å². The van der Waals surface area contributed by atoms with Crippen molar-refractivity contribution in [1.82, 2.24) is 9.88 Å². The standard InChI is InChI=1S/C9H15N3O/c10-8-6-11-9(13-8)7-12-4-2-1-3-5-12/h6H,1-5,7,10H2. The molecule has 0 unspecified atom stereocenters. The van der Waals surface area contributed by atoms with Crippen molar-refractivity contribution in [3.63, 3.8) is 0 Å². The summed E-state index contributed by atoms with van der Waals surface area (Å²) in [5.41, 5.74) is 5.44. The summed E-state index contributed by atoms with van der Waals surface area (Å²) in [7, 11) is 0. The van der Waals surface area contributed by atoms with Crippen LogP contribution in [0.4, 0.5) is 5.88 Å². The first kappa shape index (κ1) is 8.56. The van der Waals surface area contributed by atoms with Gasteiger partial charge in [-0.25, -0.2) is 4.98 Å². The highest BCUT2D eigenvalue weighted by Crippen LogP contribution is 2.13. The van der Waals surface area contributed by atoms with Crippen molar-refractivity contribution in [1.29, 1.82) is 0 Å². The van der Waals surface area contributed by atoms with Gasteiger partial charge in [0.2, 0.25) is 11.8 Å². The van der Waals surface area contributed by atoms with Gasteiger partial charge in [-0.1, -0.05) is 6.42 Å². The average Bonchev–Trinajstić information content (AvgIpc) is 2.53. The molecule has 2 rings (SSSR count). The molecule has 2 heterocycles. The fourth-order valence-corrected chi connectivity index (χ4v) is 1.71. The Morgan fingerprint density at radius 3 is 2.77 bits per heavy atom. The van der Waals surface area contributed by atoms with Crippen molar-refractivity contribution < 1.29 is 4.42 Å². The Balaban J connectivity index is 1.89. The average molecular weight is 181 g/mol. The van der Waals surface area contributed by atoms with Gasteiger partial charge >= 0.3 is 0 Å². The molecular weight excluding hydrogens is 166 g/mol. The number of nitrogen functional groups attached to an aromatic ring is 1. The van der Waals surface area contributed by atoms with Crippen molar-refractivity contribution in [2.75, 3.05) is 18.8 Å². The van der Waals surface area contributed by atoms with E-state index in [9.17, 15) is 0 Å². The Bertz CT molecular complexity index is 266. The number of anilines is 1. The first-order valence-electron chi connectivity index (χ1n) is 4.77. The first-order valence-corrected chi connectivity index (χ1v) is 4.77. The number of oxazole rings is 1. The van der Waals surface area contributed by atoms with E-state index < -0.39 is 0 Å². The van der Waals surface area contributed by atoms with Gasteiger partial charge in [0, 0.05) is 0 Å². The molecule has 1 aromatic heterocycles. The molecule has 1 aromatic rings. The highest BCUT2D eigenvalue weighted by molar-refractivity contribution is 5.17. The summed E-state index contributed by atoms with van der Waals surface area (Å²) in [6.07, 6.45) is 5.50. The van der Waals surface area contributed by atoms with Gasteiger partial charge in [0.15, 0.2) is 0 Å². The molecule has 1 aliphatic rings. The van der Waals surface area contributed by atoms with Gasteiger partial charge in [0.25, 0.3) is 0 Å². The molecule has 0 radical (unpaired) electrons. The first-order chi connectivity index (χ1) is 6.34. The number of likely N-dealkylation sites (tertiary alicyclic amines) is 1. The van der Waals surface area contributed by atoms with E-state index in [2.05, 4.69) is 9.88 Å². The van der Waals surface area contributed by atoms with E-state index in [1.165, 1.54) is 19.3 Å². The van der Waals surface area contributed by atoms with E-state index in [1.54, 1.807) is 6.20 Å². The maximum atomic E-state index is 5.44. The zero-order chi connectivity index (χ0) is 9.10. The zero-order valence-corrected chi connectivity index (χ0v) is 7.70. The summed E-state index contributed by atoms with van der Waals surface area (Å²) >= 11 is 0. The Labute approximate surface area is 77.7 Å². The molecular formula is C9H15N3O. The highest BCUT2D eigenvalue weighted by Gasteiger charge is 2.12. The van der Waals surface area contributed by atoms with Gasteiger partial charge in [-0.3, -0.25) is 4.90 Å². The lowest BCUT2D eigenvalue weighted by Crippen LogP contribution is -2.29. The molecule has 0 spiro atoms. The fourth-order valence-electron chi connectivity index (χ4n) is 1.71. The minimum atomic E-state index is 0.409. The molecule has 0 amide bonds. The second-order valence-electron chi connectivity index (χ2n) is 3.49. The number of nitrogens with zero attached hydrogens (tertiary/aromatic N) is 2. The molecule has 0 saturated carbocycles.